The lowest BCUT2D eigenvalue weighted by atomic mass is 9.96. The highest BCUT2D eigenvalue weighted by atomic mass is 19.1. The first kappa shape index (κ1) is 17.6. The van der Waals surface area contributed by atoms with Crippen molar-refractivity contribution in [3.8, 4) is 0 Å². The number of anilines is 1. The number of hydrogen-bond acceptors (Lipinski definition) is 3. The Morgan fingerprint density at radius 2 is 2.16 bits per heavy atom. The number of carbonyl (C=O) groups is 1. The van der Waals surface area contributed by atoms with Gasteiger partial charge in [-0.25, -0.2) is 4.39 Å². The number of H-pyrrole nitrogens is 1. The van der Waals surface area contributed by atoms with Crippen LogP contribution in [-0.2, 0) is 24.2 Å². The van der Waals surface area contributed by atoms with Gasteiger partial charge in [0.15, 0.2) is 0 Å². The Kier molecular flexibility index (Phi) is 5.48. The molecule has 0 atom stereocenters. The van der Waals surface area contributed by atoms with E-state index in [0.717, 1.165) is 30.6 Å². The third-order valence-corrected chi connectivity index (χ3v) is 4.68. The monoisotopic (exact) mass is 344 g/mol. The Bertz CT molecular complexity index is 756. The van der Waals surface area contributed by atoms with Gasteiger partial charge in [-0.1, -0.05) is 6.07 Å². The molecule has 0 radical (unpaired) electrons. The van der Waals surface area contributed by atoms with Gasteiger partial charge in [0.2, 0.25) is 5.91 Å². The molecule has 0 aliphatic heterocycles. The first-order valence-corrected chi connectivity index (χ1v) is 8.82. The number of halogens is 1. The highest BCUT2D eigenvalue weighted by Gasteiger charge is 2.18. The Labute approximate surface area is 147 Å². The van der Waals surface area contributed by atoms with E-state index in [4.69, 9.17) is 0 Å². The molecule has 6 heteroatoms. The molecule has 0 fully saturated rings. The molecule has 2 N–H and O–H groups in total. The molecule has 134 valence electrons. The standard InChI is InChI=1S/C19H25FN4O/c1-13-7-8-15(20)17(11-13)21-19(25)9-10-24(2)12-18-14-5-3-4-6-16(14)22-23-18/h7-8,11H,3-6,9-10,12H2,1-2H3,(H,21,25)(H,22,23). The summed E-state index contributed by atoms with van der Waals surface area (Å²) in [4.78, 5) is 14.2. The summed E-state index contributed by atoms with van der Waals surface area (Å²) in [5.41, 5.74) is 4.86. The van der Waals surface area contributed by atoms with Crippen LogP contribution in [0.1, 0.15) is 41.8 Å². The van der Waals surface area contributed by atoms with E-state index in [1.807, 2.05) is 14.0 Å². The maximum absolute atomic E-state index is 13.7. The van der Waals surface area contributed by atoms with Crippen molar-refractivity contribution in [1.82, 2.24) is 15.1 Å². The van der Waals surface area contributed by atoms with Gasteiger partial charge in [-0.15, -0.1) is 0 Å². The number of aromatic amines is 1. The van der Waals surface area contributed by atoms with Crippen LogP contribution in [0.3, 0.4) is 0 Å². The summed E-state index contributed by atoms with van der Waals surface area (Å²) in [6.07, 6.45) is 4.92. The van der Waals surface area contributed by atoms with Crippen molar-refractivity contribution >= 4 is 11.6 Å². The first-order valence-electron chi connectivity index (χ1n) is 8.82. The maximum Gasteiger partial charge on any atom is 0.225 e. The van der Waals surface area contributed by atoms with Crippen LogP contribution in [0.15, 0.2) is 18.2 Å². The highest BCUT2D eigenvalue weighted by molar-refractivity contribution is 5.91. The zero-order valence-corrected chi connectivity index (χ0v) is 14.9. The lowest BCUT2D eigenvalue weighted by molar-refractivity contribution is -0.116. The number of rotatable bonds is 6. The van der Waals surface area contributed by atoms with Crippen LogP contribution in [0.4, 0.5) is 10.1 Å². The quantitative estimate of drug-likeness (QED) is 0.846. The smallest absolute Gasteiger partial charge is 0.225 e. The van der Waals surface area contributed by atoms with Crippen molar-refractivity contribution in [2.75, 3.05) is 18.9 Å². The molecule has 1 amide bonds. The Hall–Kier alpha value is -2.21. The summed E-state index contributed by atoms with van der Waals surface area (Å²) >= 11 is 0. The molecule has 0 saturated heterocycles. The zero-order chi connectivity index (χ0) is 17.8. The minimum Gasteiger partial charge on any atom is -0.324 e. The van der Waals surface area contributed by atoms with Gasteiger partial charge in [0.1, 0.15) is 5.82 Å². The van der Waals surface area contributed by atoms with Crippen molar-refractivity contribution < 1.29 is 9.18 Å². The SMILES string of the molecule is Cc1ccc(F)c(NC(=O)CCN(C)Cc2n[nH]c3c2CCCC3)c1. The number of hydrogen-bond donors (Lipinski definition) is 2. The van der Waals surface area contributed by atoms with Crippen molar-refractivity contribution in [3.63, 3.8) is 0 Å². The van der Waals surface area contributed by atoms with E-state index in [1.54, 1.807) is 12.1 Å². The molecule has 0 unspecified atom stereocenters. The van der Waals surface area contributed by atoms with Crippen molar-refractivity contribution in [2.24, 2.45) is 0 Å². The second-order valence-corrected chi connectivity index (χ2v) is 6.85. The predicted octanol–water partition coefficient (Wildman–Crippen LogP) is 3.20. The fraction of sp³-hybridized carbons (Fsp3) is 0.474. The Morgan fingerprint density at radius 1 is 1.36 bits per heavy atom. The summed E-state index contributed by atoms with van der Waals surface area (Å²) in [7, 11) is 1.98. The number of aryl methyl sites for hydroxylation is 2. The number of amides is 1. The fourth-order valence-electron chi connectivity index (χ4n) is 3.26. The minimum absolute atomic E-state index is 0.180. The first-order chi connectivity index (χ1) is 12.0. The van der Waals surface area contributed by atoms with E-state index in [9.17, 15) is 9.18 Å². The number of nitrogens with zero attached hydrogens (tertiary/aromatic N) is 2. The highest BCUT2D eigenvalue weighted by Crippen LogP contribution is 2.23. The number of aromatic nitrogens is 2. The van der Waals surface area contributed by atoms with Gasteiger partial charge in [0.05, 0.1) is 11.4 Å². The third-order valence-electron chi connectivity index (χ3n) is 4.68. The second kappa shape index (κ2) is 7.78. The number of nitrogens with one attached hydrogen (secondary N) is 2. The molecular formula is C19H25FN4O. The molecule has 0 spiro atoms. The molecule has 1 aromatic carbocycles. The Balaban J connectivity index is 1.50. The van der Waals surface area contributed by atoms with Crippen LogP contribution in [0.25, 0.3) is 0 Å². The van der Waals surface area contributed by atoms with E-state index >= 15 is 0 Å². The predicted molar refractivity (Wildman–Crippen MR) is 95.9 cm³/mol. The maximum atomic E-state index is 13.7. The summed E-state index contributed by atoms with van der Waals surface area (Å²) in [5.74, 6) is -0.587. The topological polar surface area (TPSA) is 61.0 Å². The third kappa shape index (κ3) is 4.45. The van der Waals surface area contributed by atoms with Crippen LogP contribution in [0.2, 0.25) is 0 Å². The van der Waals surface area contributed by atoms with Gasteiger partial charge in [-0.2, -0.15) is 5.10 Å². The molecule has 1 aromatic heterocycles. The molecule has 0 bridgehead atoms. The zero-order valence-electron chi connectivity index (χ0n) is 14.9. The van der Waals surface area contributed by atoms with E-state index in [0.29, 0.717) is 13.0 Å². The van der Waals surface area contributed by atoms with E-state index in [2.05, 4.69) is 20.4 Å². The van der Waals surface area contributed by atoms with Crippen LogP contribution in [-0.4, -0.2) is 34.6 Å². The fourth-order valence-corrected chi connectivity index (χ4v) is 3.26. The number of benzene rings is 1. The average molecular weight is 344 g/mol. The van der Waals surface area contributed by atoms with Gasteiger partial charge in [0.25, 0.3) is 0 Å². The van der Waals surface area contributed by atoms with Crippen LogP contribution >= 0.6 is 0 Å². The molecule has 2 aromatic rings. The van der Waals surface area contributed by atoms with Gasteiger partial charge in [-0.3, -0.25) is 14.8 Å². The molecule has 1 heterocycles. The van der Waals surface area contributed by atoms with E-state index in [1.165, 1.54) is 30.2 Å². The van der Waals surface area contributed by atoms with Gasteiger partial charge < -0.3 is 5.32 Å². The molecule has 0 saturated carbocycles. The van der Waals surface area contributed by atoms with Crippen molar-refractivity contribution in [1.29, 1.82) is 0 Å². The van der Waals surface area contributed by atoms with E-state index < -0.39 is 5.82 Å². The number of fused-ring (bicyclic) bond motifs is 1. The lowest BCUT2D eigenvalue weighted by Crippen LogP contribution is -2.25. The van der Waals surface area contributed by atoms with Crippen LogP contribution < -0.4 is 5.32 Å². The minimum atomic E-state index is -0.407. The second-order valence-electron chi connectivity index (χ2n) is 6.85. The van der Waals surface area contributed by atoms with Gasteiger partial charge >= 0.3 is 0 Å². The molecule has 3 rings (SSSR count). The summed E-state index contributed by atoms with van der Waals surface area (Å²) in [6.45, 7) is 3.19. The lowest BCUT2D eigenvalue weighted by Gasteiger charge is -2.17. The van der Waals surface area contributed by atoms with E-state index in [-0.39, 0.29) is 11.6 Å². The van der Waals surface area contributed by atoms with Crippen molar-refractivity contribution in [3.05, 3.63) is 46.5 Å². The summed E-state index contributed by atoms with van der Waals surface area (Å²) in [5, 5.41) is 10.2. The molecular weight excluding hydrogens is 319 g/mol. The molecule has 25 heavy (non-hydrogen) atoms. The Morgan fingerprint density at radius 3 is 3.00 bits per heavy atom. The van der Waals surface area contributed by atoms with Crippen molar-refractivity contribution in [2.45, 2.75) is 45.6 Å². The van der Waals surface area contributed by atoms with Gasteiger partial charge in [0, 0.05) is 25.2 Å². The summed E-state index contributed by atoms with van der Waals surface area (Å²) in [6, 6.07) is 4.70. The summed E-state index contributed by atoms with van der Waals surface area (Å²) < 4.78 is 13.7. The normalized spacial score (nSPS) is 13.8. The number of carbonyl (C=O) groups excluding carboxylic acids is 1. The molecule has 5 nitrogen and oxygen atoms in total. The molecule has 1 aliphatic rings. The van der Waals surface area contributed by atoms with Crippen LogP contribution in [0, 0.1) is 12.7 Å². The average Bonchev–Trinajstić information content (AvgIpc) is 2.99. The van der Waals surface area contributed by atoms with Gasteiger partial charge in [-0.05, 0) is 62.9 Å². The molecule has 1 aliphatic carbocycles. The largest absolute Gasteiger partial charge is 0.324 e. The van der Waals surface area contributed by atoms with Crippen LogP contribution in [0.5, 0.6) is 0 Å².